The molecule has 2 aromatic carbocycles. The Morgan fingerprint density at radius 1 is 0.857 bits per heavy atom. The third-order valence-electron chi connectivity index (χ3n) is 3.13. The standard InChI is InChI=1S/C18H23NO2/c1-3-20-17-10-7-8-15(12-17)13-19-14-16-9-5-6-11-18(16)21-4-2/h5-12,19H,3-4,13-14H2,1-2H3. The number of rotatable bonds is 8. The van der Waals surface area contributed by atoms with Gasteiger partial charge in [-0.05, 0) is 37.6 Å². The van der Waals surface area contributed by atoms with Crippen LogP contribution in [0.3, 0.4) is 0 Å². The number of para-hydroxylation sites is 1. The summed E-state index contributed by atoms with van der Waals surface area (Å²) >= 11 is 0. The second-order valence-corrected chi connectivity index (χ2v) is 4.72. The van der Waals surface area contributed by atoms with Gasteiger partial charge in [0.05, 0.1) is 13.2 Å². The summed E-state index contributed by atoms with van der Waals surface area (Å²) in [5.74, 6) is 1.88. The van der Waals surface area contributed by atoms with Crippen molar-refractivity contribution in [3.05, 3.63) is 59.7 Å². The maximum absolute atomic E-state index is 5.63. The van der Waals surface area contributed by atoms with Crippen LogP contribution in [-0.4, -0.2) is 13.2 Å². The average molecular weight is 285 g/mol. The molecule has 0 heterocycles. The van der Waals surface area contributed by atoms with E-state index in [1.165, 1.54) is 11.1 Å². The first-order chi connectivity index (χ1) is 10.3. The van der Waals surface area contributed by atoms with Crippen molar-refractivity contribution < 1.29 is 9.47 Å². The molecule has 0 saturated carbocycles. The van der Waals surface area contributed by atoms with E-state index in [9.17, 15) is 0 Å². The van der Waals surface area contributed by atoms with Crippen molar-refractivity contribution in [3.63, 3.8) is 0 Å². The topological polar surface area (TPSA) is 30.5 Å². The van der Waals surface area contributed by atoms with Crippen LogP contribution in [0.2, 0.25) is 0 Å². The lowest BCUT2D eigenvalue weighted by Crippen LogP contribution is -2.13. The van der Waals surface area contributed by atoms with Gasteiger partial charge in [0.1, 0.15) is 11.5 Å². The molecule has 3 heteroatoms. The zero-order valence-electron chi connectivity index (χ0n) is 12.8. The molecule has 0 aromatic heterocycles. The van der Waals surface area contributed by atoms with Gasteiger partial charge >= 0.3 is 0 Å². The Kier molecular flexibility index (Phi) is 6.10. The highest BCUT2D eigenvalue weighted by molar-refractivity contribution is 5.33. The molecule has 112 valence electrons. The van der Waals surface area contributed by atoms with E-state index >= 15 is 0 Å². The highest BCUT2D eigenvalue weighted by atomic mass is 16.5. The Hall–Kier alpha value is -2.00. The van der Waals surface area contributed by atoms with Gasteiger partial charge in [0.25, 0.3) is 0 Å². The Balaban J connectivity index is 1.91. The van der Waals surface area contributed by atoms with Crippen LogP contribution in [0.4, 0.5) is 0 Å². The summed E-state index contributed by atoms with van der Waals surface area (Å²) in [7, 11) is 0. The van der Waals surface area contributed by atoms with Crippen LogP contribution in [0.1, 0.15) is 25.0 Å². The van der Waals surface area contributed by atoms with E-state index in [-0.39, 0.29) is 0 Å². The van der Waals surface area contributed by atoms with Gasteiger partial charge in [-0.15, -0.1) is 0 Å². The molecule has 2 aromatic rings. The Bertz CT molecular complexity index is 554. The quantitative estimate of drug-likeness (QED) is 0.801. The Morgan fingerprint density at radius 2 is 1.67 bits per heavy atom. The fourth-order valence-corrected chi connectivity index (χ4v) is 2.20. The molecule has 0 aliphatic rings. The van der Waals surface area contributed by atoms with Crippen LogP contribution in [0, 0.1) is 0 Å². The summed E-state index contributed by atoms with van der Waals surface area (Å²) < 4.78 is 11.1. The molecule has 0 radical (unpaired) electrons. The van der Waals surface area contributed by atoms with Crippen LogP contribution in [0.15, 0.2) is 48.5 Å². The molecule has 0 bridgehead atoms. The smallest absolute Gasteiger partial charge is 0.123 e. The minimum atomic E-state index is 0.688. The molecule has 0 unspecified atom stereocenters. The van der Waals surface area contributed by atoms with E-state index in [0.717, 1.165) is 24.6 Å². The maximum Gasteiger partial charge on any atom is 0.123 e. The molecule has 2 rings (SSSR count). The predicted octanol–water partition coefficient (Wildman–Crippen LogP) is 3.77. The van der Waals surface area contributed by atoms with Crippen molar-refractivity contribution in [2.75, 3.05) is 13.2 Å². The van der Waals surface area contributed by atoms with Gasteiger partial charge in [-0.1, -0.05) is 30.3 Å². The summed E-state index contributed by atoms with van der Waals surface area (Å²) in [4.78, 5) is 0. The molecule has 1 N–H and O–H groups in total. The second-order valence-electron chi connectivity index (χ2n) is 4.72. The van der Waals surface area contributed by atoms with Gasteiger partial charge in [0, 0.05) is 18.7 Å². The molecule has 0 atom stereocenters. The van der Waals surface area contributed by atoms with Crippen molar-refractivity contribution in [2.45, 2.75) is 26.9 Å². The molecular formula is C18H23NO2. The minimum absolute atomic E-state index is 0.688. The number of ether oxygens (including phenoxy) is 2. The van der Waals surface area contributed by atoms with Gasteiger partial charge in [0.15, 0.2) is 0 Å². The SMILES string of the molecule is CCOc1cccc(CNCc2ccccc2OCC)c1. The zero-order valence-corrected chi connectivity index (χ0v) is 12.8. The van der Waals surface area contributed by atoms with E-state index in [2.05, 4.69) is 23.5 Å². The molecule has 0 saturated heterocycles. The highest BCUT2D eigenvalue weighted by Crippen LogP contribution is 2.18. The van der Waals surface area contributed by atoms with E-state index in [1.807, 2.05) is 44.2 Å². The van der Waals surface area contributed by atoms with Crippen LogP contribution in [0.25, 0.3) is 0 Å². The van der Waals surface area contributed by atoms with E-state index in [0.29, 0.717) is 13.2 Å². The van der Waals surface area contributed by atoms with Crippen molar-refractivity contribution in [3.8, 4) is 11.5 Å². The largest absolute Gasteiger partial charge is 0.494 e. The fourth-order valence-electron chi connectivity index (χ4n) is 2.20. The van der Waals surface area contributed by atoms with Gasteiger partial charge < -0.3 is 14.8 Å². The molecule has 0 spiro atoms. The van der Waals surface area contributed by atoms with Gasteiger partial charge in [0.2, 0.25) is 0 Å². The number of hydrogen-bond acceptors (Lipinski definition) is 3. The predicted molar refractivity (Wildman–Crippen MR) is 85.8 cm³/mol. The normalized spacial score (nSPS) is 10.4. The molecular weight excluding hydrogens is 262 g/mol. The van der Waals surface area contributed by atoms with E-state index in [4.69, 9.17) is 9.47 Å². The van der Waals surface area contributed by atoms with E-state index in [1.54, 1.807) is 0 Å². The maximum atomic E-state index is 5.63. The summed E-state index contributed by atoms with van der Waals surface area (Å²) in [5.41, 5.74) is 2.40. The van der Waals surface area contributed by atoms with Crippen molar-refractivity contribution in [1.82, 2.24) is 5.32 Å². The first kappa shape index (κ1) is 15.4. The highest BCUT2D eigenvalue weighted by Gasteiger charge is 2.02. The number of benzene rings is 2. The van der Waals surface area contributed by atoms with Gasteiger partial charge in [-0.3, -0.25) is 0 Å². The number of nitrogens with one attached hydrogen (secondary N) is 1. The Morgan fingerprint density at radius 3 is 2.48 bits per heavy atom. The van der Waals surface area contributed by atoms with Gasteiger partial charge in [-0.25, -0.2) is 0 Å². The molecule has 3 nitrogen and oxygen atoms in total. The fraction of sp³-hybridized carbons (Fsp3) is 0.333. The third kappa shape index (κ3) is 4.80. The first-order valence-electron chi connectivity index (χ1n) is 7.46. The van der Waals surface area contributed by atoms with Crippen LogP contribution >= 0.6 is 0 Å². The monoisotopic (exact) mass is 285 g/mol. The van der Waals surface area contributed by atoms with Crippen molar-refractivity contribution in [2.24, 2.45) is 0 Å². The molecule has 0 aliphatic heterocycles. The average Bonchev–Trinajstić information content (AvgIpc) is 2.50. The lowest BCUT2D eigenvalue weighted by atomic mass is 10.2. The number of hydrogen-bond donors (Lipinski definition) is 1. The van der Waals surface area contributed by atoms with E-state index < -0.39 is 0 Å². The summed E-state index contributed by atoms with van der Waals surface area (Å²) in [6.45, 7) is 6.97. The third-order valence-corrected chi connectivity index (χ3v) is 3.13. The molecule has 0 fully saturated rings. The second kappa shape index (κ2) is 8.32. The minimum Gasteiger partial charge on any atom is -0.494 e. The van der Waals surface area contributed by atoms with Crippen LogP contribution < -0.4 is 14.8 Å². The lowest BCUT2D eigenvalue weighted by Gasteiger charge is -2.11. The van der Waals surface area contributed by atoms with Crippen LogP contribution in [0.5, 0.6) is 11.5 Å². The molecule has 0 aliphatic carbocycles. The molecule has 0 amide bonds. The zero-order chi connectivity index (χ0) is 14.9. The van der Waals surface area contributed by atoms with Crippen molar-refractivity contribution in [1.29, 1.82) is 0 Å². The Labute approximate surface area is 126 Å². The summed E-state index contributed by atoms with van der Waals surface area (Å²) in [6, 6.07) is 16.3. The van der Waals surface area contributed by atoms with Crippen LogP contribution in [-0.2, 0) is 13.1 Å². The summed E-state index contributed by atoms with van der Waals surface area (Å²) in [6.07, 6.45) is 0. The van der Waals surface area contributed by atoms with Crippen molar-refractivity contribution >= 4 is 0 Å². The molecule has 21 heavy (non-hydrogen) atoms. The van der Waals surface area contributed by atoms with Gasteiger partial charge in [-0.2, -0.15) is 0 Å². The first-order valence-corrected chi connectivity index (χ1v) is 7.46. The lowest BCUT2D eigenvalue weighted by molar-refractivity contribution is 0.335. The summed E-state index contributed by atoms with van der Waals surface area (Å²) in [5, 5.41) is 3.45.